The highest BCUT2D eigenvalue weighted by Crippen LogP contribution is 2.12. The maximum atomic E-state index is 11.5. The van der Waals surface area contributed by atoms with E-state index >= 15 is 0 Å². The summed E-state index contributed by atoms with van der Waals surface area (Å²) in [5.41, 5.74) is 0.135. The van der Waals surface area contributed by atoms with E-state index in [1.165, 1.54) is 6.92 Å². The van der Waals surface area contributed by atoms with E-state index in [0.717, 1.165) is 11.8 Å². The Morgan fingerprint density at radius 2 is 1.82 bits per heavy atom. The van der Waals surface area contributed by atoms with Gasteiger partial charge in [0.25, 0.3) is 0 Å². The molecule has 0 spiro atoms. The lowest BCUT2D eigenvalue weighted by Crippen LogP contribution is -2.24. The van der Waals surface area contributed by atoms with Gasteiger partial charge in [-0.3, -0.25) is 4.79 Å². The standard InChI is InChI=1S/C12H21NO3S/c1-8(2)10(7-17-9(3)14)13-11(15)16-12(4,5)6/h8H,7H2,1-6H3. The Kier molecular flexibility index (Phi) is 6.45. The van der Waals surface area contributed by atoms with Gasteiger partial charge in [-0.15, -0.1) is 0 Å². The molecule has 0 unspecified atom stereocenters. The quantitative estimate of drug-likeness (QED) is 0.730. The zero-order valence-electron chi connectivity index (χ0n) is 11.4. The molecule has 0 heterocycles. The Labute approximate surface area is 107 Å². The van der Waals surface area contributed by atoms with Gasteiger partial charge in [0.1, 0.15) is 5.60 Å². The van der Waals surface area contributed by atoms with Gasteiger partial charge in [-0.2, -0.15) is 4.99 Å². The van der Waals surface area contributed by atoms with E-state index in [0.29, 0.717) is 11.5 Å². The molecule has 0 saturated carbocycles. The third kappa shape index (κ3) is 8.92. The summed E-state index contributed by atoms with van der Waals surface area (Å²) >= 11 is 1.15. The summed E-state index contributed by atoms with van der Waals surface area (Å²) in [7, 11) is 0. The number of nitrogens with zero attached hydrogens (tertiary/aromatic N) is 1. The smallest absolute Gasteiger partial charge is 0.434 e. The van der Waals surface area contributed by atoms with Gasteiger partial charge in [-0.05, 0) is 26.7 Å². The van der Waals surface area contributed by atoms with Crippen LogP contribution in [-0.4, -0.2) is 28.3 Å². The summed E-state index contributed by atoms with van der Waals surface area (Å²) in [6, 6.07) is 0. The summed E-state index contributed by atoms with van der Waals surface area (Å²) < 4.78 is 5.10. The van der Waals surface area contributed by atoms with Crippen LogP contribution in [0.1, 0.15) is 41.5 Å². The number of carbonyl (C=O) groups is 2. The lowest BCUT2D eigenvalue weighted by molar-refractivity contribution is -0.109. The Morgan fingerprint density at radius 1 is 1.29 bits per heavy atom. The molecule has 0 aliphatic heterocycles. The molecule has 0 rings (SSSR count). The molecule has 0 aliphatic carbocycles. The number of hydrogen-bond acceptors (Lipinski definition) is 4. The van der Waals surface area contributed by atoms with Crippen molar-refractivity contribution in [1.82, 2.24) is 0 Å². The molecule has 4 nitrogen and oxygen atoms in total. The summed E-state index contributed by atoms with van der Waals surface area (Å²) in [4.78, 5) is 26.3. The first-order chi connectivity index (χ1) is 7.61. The Bertz CT molecular complexity index is 316. The molecule has 0 aromatic heterocycles. The predicted octanol–water partition coefficient (Wildman–Crippen LogP) is 3.30. The average molecular weight is 259 g/mol. The van der Waals surface area contributed by atoms with Crippen LogP contribution in [-0.2, 0) is 9.53 Å². The van der Waals surface area contributed by atoms with E-state index in [9.17, 15) is 9.59 Å². The highest BCUT2D eigenvalue weighted by Gasteiger charge is 2.17. The summed E-state index contributed by atoms with van der Waals surface area (Å²) in [5.74, 6) is 0.557. The second-order valence-electron chi connectivity index (χ2n) is 5.02. The number of thioether (sulfide) groups is 1. The molecular formula is C12H21NO3S. The predicted molar refractivity (Wildman–Crippen MR) is 71.6 cm³/mol. The van der Waals surface area contributed by atoms with Gasteiger partial charge < -0.3 is 4.74 Å². The Balaban J connectivity index is 4.59. The first kappa shape index (κ1) is 16.2. The van der Waals surface area contributed by atoms with Gasteiger partial charge in [0.15, 0.2) is 5.12 Å². The van der Waals surface area contributed by atoms with Crippen LogP contribution >= 0.6 is 11.8 Å². The van der Waals surface area contributed by atoms with E-state index in [4.69, 9.17) is 4.74 Å². The molecule has 5 heteroatoms. The first-order valence-electron chi connectivity index (χ1n) is 5.55. The van der Waals surface area contributed by atoms with E-state index in [1.54, 1.807) is 20.8 Å². The fraction of sp³-hybridized carbons (Fsp3) is 0.750. The van der Waals surface area contributed by atoms with E-state index < -0.39 is 11.7 Å². The molecule has 0 atom stereocenters. The van der Waals surface area contributed by atoms with E-state index in [-0.39, 0.29) is 11.0 Å². The van der Waals surface area contributed by atoms with Crippen LogP contribution in [0.2, 0.25) is 0 Å². The highest BCUT2D eigenvalue weighted by molar-refractivity contribution is 8.14. The van der Waals surface area contributed by atoms with Crippen LogP contribution < -0.4 is 0 Å². The molecule has 0 aromatic rings. The van der Waals surface area contributed by atoms with Crippen molar-refractivity contribution in [2.24, 2.45) is 10.9 Å². The van der Waals surface area contributed by atoms with Gasteiger partial charge in [-0.25, -0.2) is 4.79 Å². The number of ether oxygens (including phenoxy) is 1. The minimum absolute atomic E-state index is 0.0162. The second kappa shape index (κ2) is 6.79. The number of aliphatic imine (C=N–C) groups is 1. The van der Waals surface area contributed by atoms with E-state index in [1.807, 2.05) is 13.8 Å². The minimum Gasteiger partial charge on any atom is -0.442 e. The zero-order valence-corrected chi connectivity index (χ0v) is 12.2. The van der Waals surface area contributed by atoms with Crippen LogP contribution in [0.5, 0.6) is 0 Å². The van der Waals surface area contributed by atoms with Crippen molar-refractivity contribution in [3.05, 3.63) is 0 Å². The van der Waals surface area contributed by atoms with E-state index in [2.05, 4.69) is 4.99 Å². The van der Waals surface area contributed by atoms with Gasteiger partial charge in [0, 0.05) is 18.4 Å². The van der Waals surface area contributed by atoms with Gasteiger partial charge in [-0.1, -0.05) is 25.6 Å². The molecule has 17 heavy (non-hydrogen) atoms. The minimum atomic E-state index is -0.592. The number of hydrogen-bond donors (Lipinski definition) is 0. The molecule has 0 N–H and O–H groups in total. The van der Waals surface area contributed by atoms with Crippen molar-refractivity contribution in [3.8, 4) is 0 Å². The van der Waals surface area contributed by atoms with Gasteiger partial charge >= 0.3 is 6.09 Å². The third-order valence-corrected chi connectivity index (χ3v) is 2.56. The normalized spacial score (nSPS) is 12.8. The van der Waals surface area contributed by atoms with Gasteiger partial charge in [0.2, 0.25) is 0 Å². The Morgan fingerprint density at radius 3 is 2.18 bits per heavy atom. The largest absolute Gasteiger partial charge is 0.442 e. The lowest BCUT2D eigenvalue weighted by Gasteiger charge is -2.18. The summed E-state index contributed by atoms with van der Waals surface area (Å²) in [5, 5.41) is 0.0162. The second-order valence-corrected chi connectivity index (χ2v) is 6.17. The number of rotatable bonds is 3. The van der Waals surface area contributed by atoms with Crippen LogP contribution in [0.25, 0.3) is 0 Å². The average Bonchev–Trinajstić information content (AvgIpc) is 2.08. The molecule has 98 valence electrons. The van der Waals surface area contributed by atoms with Crippen molar-refractivity contribution < 1.29 is 14.3 Å². The maximum Gasteiger partial charge on any atom is 0.434 e. The molecule has 0 bridgehead atoms. The SMILES string of the molecule is CC(=O)SCC(=NC(=O)OC(C)(C)C)C(C)C. The first-order valence-corrected chi connectivity index (χ1v) is 6.54. The lowest BCUT2D eigenvalue weighted by atomic mass is 10.1. The molecule has 0 aromatic carbocycles. The van der Waals surface area contributed by atoms with Crippen LogP contribution in [0, 0.1) is 5.92 Å². The maximum absolute atomic E-state index is 11.5. The van der Waals surface area contributed by atoms with Crippen LogP contribution in [0.3, 0.4) is 0 Å². The zero-order chi connectivity index (χ0) is 13.6. The van der Waals surface area contributed by atoms with Gasteiger partial charge in [0.05, 0.1) is 0 Å². The fourth-order valence-corrected chi connectivity index (χ4v) is 1.65. The number of carbonyl (C=O) groups excluding carboxylic acids is 2. The molecular weight excluding hydrogens is 238 g/mol. The molecule has 0 fully saturated rings. The summed E-state index contributed by atoms with van der Waals surface area (Å²) in [6.45, 7) is 10.7. The van der Waals surface area contributed by atoms with Crippen molar-refractivity contribution in [2.75, 3.05) is 5.75 Å². The Hall–Kier alpha value is -0.840. The molecule has 0 aliphatic rings. The van der Waals surface area contributed by atoms with Crippen molar-refractivity contribution >= 4 is 28.7 Å². The van der Waals surface area contributed by atoms with Crippen molar-refractivity contribution in [1.29, 1.82) is 0 Å². The third-order valence-electron chi connectivity index (χ3n) is 1.72. The van der Waals surface area contributed by atoms with Crippen molar-refractivity contribution in [2.45, 2.75) is 47.1 Å². The molecule has 1 amide bonds. The molecule has 0 radical (unpaired) electrons. The highest BCUT2D eigenvalue weighted by atomic mass is 32.2. The van der Waals surface area contributed by atoms with Crippen LogP contribution in [0.4, 0.5) is 4.79 Å². The monoisotopic (exact) mass is 259 g/mol. The fourth-order valence-electron chi connectivity index (χ4n) is 0.906. The summed E-state index contributed by atoms with van der Waals surface area (Å²) in [6.07, 6.45) is -0.592. The van der Waals surface area contributed by atoms with Crippen LogP contribution in [0.15, 0.2) is 4.99 Å². The topological polar surface area (TPSA) is 55.7 Å². The van der Waals surface area contributed by atoms with Crippen molar-refractivity contribution in [3.63, 3.8) is 0 Å². The molecule has 0 saturated heterocycles. The number of amides is 1.